The van der Waals surface area contributed by atoms with Crippen molar-refractivity contribution in [2.45, 2.75) is 26.4 Å². The van der Waals surface area contributed by atoms with Crippen LogP contribution in [-0.2, 0) is 17.9 Å². The first kappa shape index (κ1) is 10.0. The molecule has 0 radical (unpaired) electrons. The molecule has 0 saturated heterocycles. The van der Waals surface area contributed by atoms with Crippen molar-refractivity contribution in [1.29, 1.82) is 0 Å². The minimum atomic E-state index is 0.213. The topological polar surface area (TPSA) is 29.5 Å². The number of rotatable bonds is 2. The van der Waals surface area contributed by atoms with Crippen LogP contribution in [0.4, 0.5) is 0 Å². The summed E-state index contributed by atoms with van der Waals surface area (Å²) < 4.78 is 5.16. The molecule has 0 spiro atoms. The summed E-state index contributed by atoms with van der Waals surface area (Å²) >= 11 is 0. The van der Waals surface area contributed by atoms with Crippen molar-refractivity contribution in [3.05, 3.63) is 29.3 Å². The van der Waals surface area contributed by atoms with E-state index in [1.165, 1.54) is 11.1 Å². The minimum absolute atomic E-state index is 0.213. The third kappa shape index (κ3) is 1.82. The molecule has 1 aromatic rings. The summed E-state index contributed by atoms with van der Waals surface area (Å²) in [6.45, 7) is 3.36. The van der Waals surface area contributed by atoms with Gasteiger partial charge in [0.1, 0.15) is 5.75 Å². The van der Waals surface area contributed by atoms with Crippen LogP contribution >= 0.6 is 0 Å². The molecule has 2 rings (SSSR count). The highest BCUT2D eigenvalue weighted by Crippen LogP contribution is 2.26. The maximum atomic E-state index is 11.5. The van der Waals surface area contributed by atoms with Gasteiger partial charge >= 0.3 is 0 Å². The Kier molecular flexibility index (Phi) is 2.62. The summed E-state index contributed by atoms with van der Waals surface area (Å²) in [6, 6.07) is 5.99. The Labute approximate surface area is 89.7 Å². The molecule has 1 aliphatic rings. The number of amides is 1. The predicted molar refractivity (Wildman–Crippen MR) is 57.5 cm³/mol. The van der Waals surface area contributed by atoms with Gasteiger partial charge in [-0.15, -0.1) is 0 Å². The van der Waals surface area contributed by atoms with Crippen LogP contribution in [0.5, 0.6) is 5.75 Å². The van der Waals surface area contributed by atoms with Crippen molar-refractivity contribution < 1.29 is 9.53 Å². The molecule has 0 N–H and O–H groups in total. The fourth-order valence-electron chi connectivity index (χ4n) is 1.90. The molecule has 0 unspecified atom stereocenters. The Hall–Kier alpha value is -1.51. The summed E-state index contributed by atoms with van der Waals surface area (Å²) in [7, 11) is 1.66. The molecular weight excluding hydrogens is 190 g/mol. The second-order valence-electron chi connectivity index (χ2n) is 3.74. The Morgan fingerprint density at radius 1 is 1.40 bits per heavy atom. The molecule has 0 bridgehead atoms. The van der Waals surface area contributed by atoms with Crippen LogP contribution < -0.4 is 4.74 Å². The number of benzene rings is 1. The van der Waals surface area contributed by atoms with E-state index in [2.05, 4.69) is 0 Å². The highest BCUT2D eigenvalue weighted by Gasteiger charge is 2.22. The van der Waals surface area contributed by atoms with Gasteiger partial charge in [-0.2, -0.15) is 0 Å². The van der Waals surface area contributed by atoms with E-state index in [0.717, 1.165) is 18.8 Å². The Bertz CT molecular complexity index is 387. The van der Waals surface area contributed by atoms with E-state index in [1.54, 1.807) is 7.11 Å². The molecule has 15 heavy (non-hydrogen) atoms. The van der Waals surface area contributed by atoms with Gasteiger partial charge in [0, 0.05) is 19.5 Å². The molecule has 0 aliphatic carbocycles. The summed E-state index contributed by atoms with van der Waals surface area (Å²) in [5, 5.41) is 0. The van der Waals surface area contributed by atoms with E-state index in [-0.39, 0.29) is 5.91 Å². The largest absolute Gasteiger partial charge is 0.497 e. The number of carbonyl (C=O) groups excluding carboxylic acids is 1. The fraction of sp³-hybridized carbons (Fsp3) is 0.417. The third-order valence-electron chi connectivity index (χ3n) is 2.79. The molecule has 0 aromatic heterocycles. The van der Waals surface area contributed by atoms with Gasteiger partial charge < -0.3 is 9.64 Å². The quantitative estimate of drug-likeness (QED) is 0.738. The van der Waals surface area contributed by atoms with Gasteiger partial charge in [-0.05, 0) is 23.3 Å². The molecule has 3 heteroatoms. The summed E-state index contributed by atoms with van der Waals surface area (Å²) in [5.41, 5.74) is 2.44. The lowest BCUT2D eigenvalue weighted by Gasteiger charge is -2.13. The van der Waals surface area contributed by atoms with Gasteiger partial charge in [0.15, 0.2) is 0 Å². The monoisotopic (exact) mass is 205 g/mol. The first-order chi connectivity index (χ1) is 7.24. The second-order valence-corrected chi connectivity index (χ2v) is 3.74. The van der Waals surface area contributed by atoms with Crippen LogP contribution in [0.3, 0.4) is 0 Å². The van der Waals surface area contributed by atoms with Crippen LogP contribution in [0.15, 0.2) is 18.2 Å². The fourth-order valence-corrected chi connectivity index (χ4v) is 1.90. The number of methoxy groups -OCH3 is 1. The van der Waals surface area contributed by atoms with Crippen LogP contribution in [0.1, 0.15) is 24.5 Å². The molecule has 80 valence electrons. The molecule has 0 saturated carbocycles. The average Bonchev–Trinajstić information content (AvgIpc) is 2.70. The van der Waals surface area contributed by atoms with Crippen molar-refractivity contribution >= 4 is 5.91 Å². The van der Waals surface area contributed by atoms with Gasteiger partial charge in [0.05, 0.1) is 7.11 Å². The number of fused-ring (bicyclic) bond motifs is 1. The van der Waals surface area contributed by atoms with Gasteiger partial charge in [0.25, 0.3) is 0 Å². The van der Waals surface area contributed by atoms with Crippen molar-refractivity contribution in [3.63, 3.8) is 0 Å². The minimum Gasteiger partial charge on any atom is -0.497 e. The van der Waals surface area contributed by atoms with Crippen molar-refractivity contribution in [3.8, 4) is 5.75 Å². The highest BCUT2D eigenvalue weighted by atomic mass is 16.5. The van der Waals surface area contributed by atoms with E-state index in [1.807, 2.05) is 30.0 Å². The first-order valence-electron chi connectivity index (χ1n) is 5.18. The molecule has 1 heterocycles. The first-order valence-corrected chi connectivity index (χ1v) is 5.18. The number of ether oxygens (including phenoxy) is 1. The normalized spacial score (nSPS) is 13.9. The molecule has 3 nitrogen and oxygen atoms in total. The Morgan fingerprint density at radius 2 is 2.13 bits per heavy atom. The van der Waals surface area contributed by atoms with Crippen LogP contribution in [0, 0.1) is 0 Å². The summed E-state index contributed by atoms with van der Waals surface area (Å²) in [6.07, 6.45) is 0.575. The van der Waals surface area contributed by atoms with Crippen molar-refractivity contribution in [1.82, 2.24) is 4.90 Å². The Balaban J connectivity index is 2.20. The SMILES string of the molecule is CCC(=O)N1Cc2ccc(OC)cc2C1. The smallest absolute Gasteiger partial charge is 0.222 e. The Morgan fingerprint density at radius 3 is 2.80 bits per heavy atom. The summed E-state index contributed by atoms with van der Waals surface area (Å²) in [4.78, 5) is 13.4. The molecular formula is C12H15NO2. The van der Waals surface area contributed by atoms with Crippen LogP contribution in [0.25, 0.3) is 0 Å². The lowest BCUT2D eigenvalue weighted by atomic mass is 10.1. The van der Waals surface area contributed by atoms with Crippen molar-refractivity contribution in [2.24, 2.45) is 0 Å². The molecule has 0 fully saturated rings. The van der Waals surface area contributed by atoms with Crippen molar-refractivity contribution in [2.75, 3.05) is 7.11 Å². The van der Waals surface area contributed by atoms with E-state index in [4.69, 9.17) is 4.74 Å². The molecule has 0 atom stereocenters. The van der Waals surface area contributed by atoms with E-state index in [0.29, 0.717) is 6.42 Å². The van der Waals surface area contributed by atoms with E-state index in [9.17, 15) is 4.79 Å². The zero-order valence-electron chi connectivity index (χ0n) is 9.12. The van der Waals surface area contributed by atoms with E-state index >= 15 is 0 Å². The zero-order chi connectivity index (χ0) is 10.8. The molecule has 1 aliphatic heterocycles. The number of nitrogens with zero attached hydrogens (tertiary/aromatic N) is 1. The van der Waals surface area contributed by atoms with Crippen LogP contribution in [-0.4, -0.2) is 17.9 Å². The molecule has 1 amide bonds. The van der Waals surface area contributed by atoms with Gasteiger partial charge in [-0.3, -0.25) is 4.79 Å². The highest BCUT2D eigenvalue weighted by molar-refractivity contribution is 5.76. The lowest BCUT2D eigenvalue weighted by Crippen LogP contribution is -2.23. The lowest BCUT2D eigenvalue weighted by molar-refractivity contribution is -0.131. The summed E-state index contributed by atoms with van der Waals surface area (Å²) in [5.74, 6) is 1.07. The van der Waals surface area contributed by atoms with Gasteiger partial charge in [0.2, 0.25) is 5.91 Å². The standard InChI is InChI=1S/C12H15NO2/c1-3-12(14)13-7-9-4-5-11(15-2)6-10(9)8-13/h4-6H,3,7-8H2,1-2H3. The maximum absolute atomic E-state index is 11.5. The van der Waals surface area contributed by atoms with Gasteiger partial charge in [-0.25, -0.2) is 0 Å². The number of carbonyl (C=O) groups is 1. The van der Waals surface area contributed by atoms with E-state index < -0.39 is 0 Å². The molecule has 1 aromatic carbocycles. The predicted octanol–water partition coefficient (Wildman–Crippen LogP) is 1.95. The number of hydrogen-bond acceptors (Lipinski definition) is 2. The second kappa shape index (κ2) is 3.93. The maximum Gasteiger partial charge on any atom is 0.222 e. The van der Waals surface area contributed by atoms with Gasteiger partial charge in [-0.1, -0.05) is 13.0 Å². The van der Waals surface area contributed by atoms with Crippen LogP contribution in [0.2, 0.25) is 0 Å². The number of hydrogen-bond donors (Lipinski definition) is 0. The average molecular weight is 205 g/mol. The third-order valence-corrected chi connectivity index (χ3v) is 2.79. The zero-order valence-corrected chi connectivity index (χ0v) is 9.12.